The zero-order valence-corrected chi connectivity index (χ0v) is 11.1. The average molecular weight is 277 g/mol. The van der Waals surface area contributed by atoms with Crippen molar-refractivity contribution in [2.75, 3.05) is 0 Å². The van der Waals surface area contributed by atoms with Crippen molar-refractivity contribution in [1.82, 2.24) is 0 Å². The summed E-state index contributed by atoms with van der Waals surface area (Å²) in [5, 5.41) is 12.4. The molecular weight excluding hydrogens is 264 g/mol. The van der Waals surface area contributed by atoms with E-state index in [1.807, 2.05) is 13.0 Å². The van der Waals surface area contributed by atoms with Gasteiger partial charge in [-0.25, -0.2) is 0 Å². The van der Waals surface area contributed by atoms with Crippen molar-refractivity contribution >= 4 is 17.4 Å². The van der Waals surface area contributed by atoms with Gasteiger partial charge in [-0.2, -0.15) is 0 Å². The Balaban J connectivity index is 2.37. The maximum absolute atomic E-state index is 8.80. The molecule has 0 bridgehead atoms. The van der Waals surface area contributed by atoms with Gasteiger partial charge in [-0.1, -0.05) is 28.4 Å². The monoisotopic (exact) mass is 276 g/mol. The lowest BCUT2D eigenvalue weighted by Gasteiger charge is -2.11. The van der Waals surface area contributed by atoms with Gasteiger partial charge in [-0.3, -0.25) is 0 Å². The molecule has 0 saturated heterocycles. The minimum absolute atomic E-state index is 0.00710. The second kappa shape index (κ2) is 5.63. The zero-order chi connectivity index (χ0) is 13.8. The summed E-state index contributed by atoms with van der Waals surface area (Å²) in [5.41, 5.74) is 7.17. The smallest absolute Gasteiger partial charge is 0.173 e. The number of ether oxygens (including phenoxy) is 1. The Morgan fingerprint density at radius 3 is 2.53 bits per heavy atom. The normalized spacial score (nSPS) is 11.4. The molecule has 4 nitrogen and oxygen atoms in total. The summed E-state index contributed by atoms with van der Waals surface area (Å²) in [4.78, 5) is 0. The molecule has 0 saturated carbocycles. The predicted molar refractivity (Wildman–Crippen MR) is 75.2 cm³/mol. The Hall–Kier alpha value is -2.20. The van der Waals surface area contributed by atoms with Crippen molar-refractivity contribution in [3.63, 3.8) is 0 Å². The summed E-state index contributed by atoms with van der Waals surface area (Å²) in [7, 11) is 0. The highest BCUT2D eigenvalue weighted by Gasteiger charge is 2.09. The van der Waals surface area contributed by atoms with E-state index in [-0.39, 0.29) is 5.84 Å². The number of aryl methyl sites for hydroxylation is 1. The fourth-order valence-electron chi connectivity index (χ4n) is 1.62. The van der Waals surface area contributed by atoms with Crippen LogP contribution in [0.2, 0.25) is 5.02 Å². The third-order valence-electron chi connectivity index (χ3n) is 2.56. The molecular formula is C14H13ClN2O2. The van der Waals surface area contributed by atoms with Crippen LogP contribution in [0.5, 0.6) is 11.5 Å². The quantitative estimate of drug-likeness (QED) is 0.390. The Labute approximate surface area is 116 Å². The topological polar surface area (TPSA) is 67.8 Å². The van der Waals surface area contributed by atoms with Crippen LogP contribution in [0.1, 0.15) is 11.1 Å². The van der Waals surface area contributed by atoms with E-state index in [9.17, 15) is 0 Å². The number of hydrogen-bond acceptors (Lipinski definition) is 3. The van der Waals surface area contributed by atoms with E-state index in [0.717, 1.165) is 5.56 Å². The van der Waals surface area contributed by atoms with Crippen LogP contribution in [0.25, 0.3) is 0 Å². The van der Waals surface area contributed by atoms with Gasteiger partial charge in [0.1, 0.15) is 11.5 Å². The molecule has 0 radical (unpaired) electrons. The van der Waals surface area contributed by atoms with E-state index < -0.39 is 0 Å². The third-order valence-corrected chi connectivity index (χ3v) is 2.81. The first-order valence-electron chi connectivity index (χ1n) is 5.62. The highest BCUT2D eigenvalue weighted by molar-refractivity contribution is 6.30. The van der Waals surface area contributed by atoms with Gasteiger partial charge in [0, 0.05) is 5.02 Å². The highest BCUT2D eigenvalue weighted by Crippen LogP contribution is 2.27. The number of nitrogens with zero attached hydrogens (tertiary/aromatic N) is 1. The molecule has 19 heavy (non-hydrogen) atoms. The first-order chi connectivity index (χ1) is 9.10. The van der Waals surface area contributed by atoms with Crippen LogP contribution in [0.15, 0.2) is 47.6 Å². The van der Waals surface area contributed by atoms with Gasteiger partial charge in [-0.05, 0) is 43.3 Å². The summed E-state index contributed by atoms with van der Waals surface area (Å²) < 4.78 is 5.71. The Bertz CT molecular complexity index is 609. The fourth-order valence-corrected chi connectivity index (χ4v) is 1.74. The summed E-state index contributed by atoms with van der Waals surface area (Å²) in [6.45, 7) is 1.92. The first-order valence-corrected chi connectivity index (χ1v) is 6.00. The van der Waals surface area contributed by atoms with Crippen LogP contribution in [0, 0.1) is 6.92 Å². The molecule has 2 aromatic rings. The first kappa shape index (κ1) is 13.2. The molecule has 5 heteroatoms. The highest BCUT2D eigenvalue weighted by atomic mass is 35.5. The number of amidine groups is 1. The van der Waals surface area contributed by atoms with Gasteiger partial charge in [0.05, 0.1) is 5.56 Å². The third kappa shape index (κ3) is 3.17. The molecule has 0 atom stereocenters. The average Bonchev–Trinajstić information content (AvgIpc) is 2.42. The fraction of sp³-hybridized carbons (Fsp3) is 0.0714. The van der Waals surface area contributed by atoms with E-state index >= 15 is 0 Å². The van der Waals surface area contributed by atoms with E-state index in [1.54, 1.807) is 36.4 Å². The van der Waals surface area contributed by atoms with Crippen LogP contribution >= 0.6 is 11.6 Å². The largest absolute Gasteiger partial charge is 0.457 e. The molecule has 0 heterocycles. The maximum atomic E-state index is 8.80. The molecule has 2 aromatic carbocycles. The molecule has 3 N–H and O–H groups in total. The maximum Gasteiger partial charge on any atom is 0.173 e. The van der Waals surface area contributed by atoms with Crippen molar-refractivity contribution < 1.29 is 9.94 Å². The number of hydrogen-bond donors (Lipinski definition) is 2. The van der Waals surface area contributed by atoms with Gasteiger partial charge < -0.3 is 15.7 Å². The second-order valence-electron chi connectivity index (χ2n) is 4.04. The molecule has 0 unspecified atom stereocenters. The molecule has 2 rings (SSSR count). The summed E-state index contributed by atoms with van der Waals surface area (Å²) in [6.07, 6.45) is 0. The van der Waals surface area contributed by atoms with Gasteiger partial charge in [0.2, 0.25) is 0 Å². The van der Waals surface area contributed by atoms with Gasteiger partial charge >= 0.3 is 0 Å². The SMILES string of the molecule is Cc1ccc(Oc2ccc(Cl)cc2)c(/C(N)=N/O)c1. The second-order valence-corrected chi connectivity index (χ2v) is 4.48. The lowest BCUT2D eigenvalue weighted by atomic mass is 10.1. The van der Waals surface area contributed by atoms with Crippen LogP contribution < -0.4 is 10.5 Å². The number of halogens is 1. The molecule has 0 aromatic heterocycles. The Morgan fingerprint density at radius 1 is 1.21 bits per heavy atom. The van der Waals surface area contributed by atoms with Crippen LogP contribution in [-0.2, 0) is 0 Å². The lowest BCUT2D eigenvalue weighted by Crippen LogP contribution is -2.14. The van der Waals surface area contributed by atoms with E-state index in [0.29, 0.717) is 22.1 Å². The van der Waals surface area contributed by atoms with Crippen LogP contribution in [0.4, 0.5) is 0 Å². The number of rotatable bonds is 3. The summed E-state index contributed by atoms with van der Waals surface area (Å²) in [5.74, 6) is 1.15. The minimum Gasteiger partial charge on any atom is -0.457 e. The molecule has 0 fully saturated rings. The zero-order valence-electron chi connectivity index (χ0n) is 10.3. The number of oxime groups is 1. The number of benzene rings is 2. The van der Waals surface area contributed by atoms with Crippen molar-refractivity contribution in [3.8, 4) is 11.5 Å². The standard InChI is InChI=1S/C14H13ClN2O2/c1-9-2-7-13(12(8-9)14(16)17-18)19-11-5-3-10(15)4-6-11/h2-8,18H,1H3,(H2,16,17). The molecule has 98 valence electrons. The molecule has 0 spiro atoms. The van der Waals surface area contributed by atoms with E-state index in [4.69, 9.17) is 27.3 Å². The van der Waals surface area contributed by atoms with Gasteiger partial charge in [0.25, 0.3) is 0 Å². The Morgan fingerprint density at radius 2 is 1.89 bits per heavy atom. The molecule has 0 aliphatic carbocycles. The minimum atomic E-state index is 0.00710. The predicted octanol–water partition coefficient (Wildman–Crippen LogP) is 3.54. The van der Waals surface area contributed by atoms with Crippen molar-refractivity contribution in [2.45, 2.75) is 6.92 Å². The van der Waals surface area contributed by atoms with Crippen molar-refractivity contribution in [1.29, 1.82) is 0 Å². The van der Waals surface area contributed by atoms with Crippen LogP contribution in [0.3, 0.4) is 0 Å². The van der Waals surface area contributed by atoms with E-state index in [1.165, 1.54) is 0 Å². The summed E-state index contributed by atoms with van der Waals surface area (Å²) in [6, 6.07) is 12.4. The molecule has 0 amide bonds. The van der Waals surface area contributed by atoms with Crippen molar-refractivity contribution in [3.05, 3.63) is 58.6 Å². The number of nitrogens with two attached hydrogens (primary N) is 1. The van der Waals surface area contributed by atoms with Crippen LogP contribution in [-0.4, -0.2) is 11.0 Å². The Kier molecular flexibility index (Phi) is 3.92. The molecule has 0 aliphatic heterocycles. The van der Waals surface area contributed by atoms with Gasteiger partial charge in [0.15, 0.2) is 5.84 Å². The van der Waals surface area contributed by atoms with Gasteiger partial charge in [-0.15, -0.1) is 0 Å². The summed E-state index contributed by atoms with van der Waals surface area (Å²) >= 11 is 5.81. The van der Waals surface area contributed by atoms with E-state index in [2.05, 4.69) is 5.16 Å². The van der Waals surface area contributed by atoms with Crippen molar-refractivity contribution in [2.24, 2.45) is 10.9 Å². The molecule has 0 aliphatic rings. The lowest BCUT2D eigenvalue weighted by molar-refractivity contribution is 0.318.